The van der Waals surface area contributed by atoms with Gasteiger partial charge in [-0.15, -0.1) is 0 Å². The third-order valence-corrected chi connectivity index (χ3v) is 8.29. The van der Waals surface area contributed by atoms with Gasteiger partial charge in [-0.3, -0.25) is 5.21 Å². The zero-order valence-electron chi connectivity index (χ0n) is 23.8. The van der Waals surface area contributed by atoms with Crippen LogP contribution in [0, 0.1) is 5.92 Å². The monoisotopic (exact) mass is 627 g/mol. The molecule has 252 valence electrons. The highest BCUT2D eigenvalue weighted by Crippen LogP contribution is 2.37. The minimum absolute atomic E-state index is 0.0586. The summed E-state index contributed by atoms with van der Waals surface area (Å²) >= 11 is 0. The number of urea groups is 1. The van der Waals surface area contributed by atoms with E-state index in [1.807, 2.05) is 0 Å². The number of hydroxylamine groups is 2. The Morgan fingerprint density at radius 1 is 0.907 bits per heavy atom. The molecule has 3 fully saturated rings. The van der Waals surface area contributed by atoms with E-state index in [4.69, 9.17) is 37.1 Å². The Morgan fingerprint density at radius 2 is 1.60 bits per heavy atom. The van der Waals surface area contributed by atoms with Crippen LogP contribution < -0.4 is 33.6 Å². The Kier molecular flexibility index (Phi) is 13.7. The van der Waals surface area contributed by atoms with Gasteiger partial charge < -0.3 is 83.5 Å². The molecule has 1 aliphatic carbocycles. The third kappa shape index (κ3) is 8.27. The second kappa shape index (κ2) is 16.3. The minimum atomic E-state index is -1.69. The highest BCUT2D eigenvalue weighted by Gasteiger charge is 2.55. The molecule has 0 radical (unpaired) electrons. The lowest BCUT2D eigenvalue weighted by atomic mass is 9.72. The fraction of sp³-hybridized carbons (Fsp3) is 0.958. The molecule has 2 saturated heterocycles. The van der Waals surface area contributed by atoms with Crippen molar-refractivity contribution in [3.8, 4) is 0 Å². The van der Waals surface area contributed by atoms with Crippen molar-refractivity contribution in [2.24, 2.45) is 28.9 Å². The van der Waals surface area contributed by atoms with Crippen LogP contribution in [0.5, 0.6) is 0 Å². The van der Waals surface area contributed by atoms with Crippen molar-refractivity contribution in [1.29, 1.82) is 0 Å². The molecule has 0 spiro atoms. The summed E-state index contributed by atoms with van der Waals surface area (Å²) in [6.07, 6.45) is -15.7. The van der Waals surface area contributed by atoms with Crippen molar-refractivity contribution in [3.05, 3.63) is 0 Å². The van der Waals surface area contributed by atoms with Crippen LogP contribution in [-0.4, -0.2) is 177 Å². The zero-order chi connectivity index (χ0) is 32.0. The molecule has 0 aromatic heterocycles. The number of nitrogens with two attached hydrogens (primary N) is 4. The molecule has 1 saturated carbocycles. The summed E-state index contributed by atoms with van der Waals surface area (Å²) in [6.45, 7) is 0.0452. The number of amides is 2. The first kappa shape index (κ1) is 36.1. The second-order valence-electron chi connectivity index (χ2n) is 11.3. The first-order chi connectivity index (χ1) is 20.4. The van der Waals surface area contributed by atoms with Crippen LogP contribution in [0.4, 0.5) is 4.79 Å². The predicted molar refractivity (Wildman–Crippen MR) is 146 cm³/mol. The van der Waals surface area contributed by atoms with E-state index >= 15 is 0 Å². The Balaban J connectivity index is 1.88. The highest BCUT2D eigenvalue weighted by molar-refractivity contribution is 5.73. The Morgan fingerprint density at radius 3 is 2.23 bits per heavy atom. The Bertz CT molecular complexity index is 867. The van der Waals surface area contributed by atoms with Gasteiger partial charge >= 0.3 is 6.03 Å². The Hall–Kier alpha value is -1.37. The molecule has 19 nitrogen and oxygen atoms in total. The molecule has 15 atom stereocenters. The fourth-order valence-electron chi connectivity index (χ4n) is 5.83. The third-order valence-electron chi connectivity index (χ3n) is 8.29. The standard InChI is InChI=1S/C24H49N7O12/c25-2-1-4-29-7-11-16(34)19(37)20(38)22(41-11)13-9(27)6-10(30-24(39)31(40)5-3-26)21(17(13)35)43-23-18(36)14(28)15(33)12(8-32)42-23/h9-23,29,32-38,40H,1-8,25-28H2,(H,30,39). The van der Waals surface area contributed by atoms with Gasteiger partial charge in [0.2, 0.25) is 0 Å². The molecule has 3 aliphatic rings. The van der Waals surface area contributed by atoms with Crippen LogP contribution in [0.3, 0.4) is 0 Å². The van der Waals surface area contributed by atoms with Crippen LogP contribution in [0.15, 0.2) is 0 Å². The van der Waals surface area contributed by atoms with E-state index in [0.29, 0.717) is 24.6 Å². The summed E-state index contributed by atoms with van der Waals surface area (Å²) in [7, 11) is 0. The maximum atomic E-state index is 12.6. The molecule has 43 heavy (non-hydrogen) atoms. The molecule has 2 heterocycles. The molecule has 2 aliphatic heterocycles. The predicted octanol–water partition coefficient (Wildman–Crippen LogP) is -7.64. The lowest BCUT2D eigenvalue weighted by molar-refractivity contribution is -0.310. The fourth-order valence-corrected chi connectivity index (χ4v) is 5.83. The normalized spacial score (nSPS) is 43.8. The molecule has 0 bridgehead atoms. The lowest BCUT2D eigenvalue weighted by Crippen LogP contribution is -2.71. The smallest absolute Gasteiger partial charge is 0.341 e. The largest absolute Gasteiger partial charge is 0.394 e. The zero-order valence-corrected chi connectivity index (χ0v) is 23.8. The van der Waals surface area contributed by atoms with E-state index in [9.17, 15) is 45.7 Å². The van der Waals surface area contributed by atoms with E-state index in [0.717, 1.165) is 0 Å². The first-order valence-electron chi connectivity index (χ1n) is 14.4. The van der Waals surface area contributed by atoms with E-state index < -0.39 is 104 Å². The summed E-state index contributed by atoms with van der Waals surface area (Å²) in [6, 6.07) is -4.44. The minimum Gasteiger partial charge on any atom is -0.394 e. The molecule has 3 rings (SSSR count). The van der Waals surface area contributed by atoms with Crippen LogP contribution >= 0.6 is 0 Å². The summed E-state index contributed by atoms with van der Waals surface area (Å²) in [4.78, 5) is 12.6. The number of rotatable bonds is 12. The maximum Gasteiger partial charge on any atom is 0.341 e. The van der Waals surface area contributed by atoms with Crippen LogP contribution in [0.2, 0.25) is 0 Å². The Labute approximate surface area is 248 Å². The van der Waals surface area contributed by atoms with E-state index in [1.165, 1.54) is 0 Å². The van der Waals surface area contributed by atoms with E-state index in [1.54, 1.807) is 0 Å². The number of nitrogens with one attached hydrogen (secondary N) is 2. The van der Waals surface area contributed by atoms with Gasteiger partial charge in [-0.25, -0.2) is 9.86 Å². The highest BCUT2D eigenvalue weighted by atomic mass is 16.7. The summed E-state index contributed by atoms with van der Waals surface area (Å²) < 4.78 is 17.4. The molecular weight excluding hydrogens is 578 g/mol. The van der Waals surface area contributed by atoms with Gasteiger partial charge in [0.1, 0.15) is 42.7 Å². The molecule has 15 unspecified atom stereocenters. The molecule has 18 N–H and O–H groups in total. The van der Waals surface area contributed by atoms with Gasteiger partial charge in [0.25, 0.3) is 0 Å². The number of hydrogen-bond donors (Lipinski definition) is 14. The molecule has 0 aromatic carbocycles. The van der Waals surface area contributed by atoms with Gasteiger partial charge in [-0.1, -0.05) is 0 Å². The molecule has 19 heteroatoms. The number of aliphatic hydroxyl groups is 7. The van der Waals surface area contributed by atoms with Crippen molar-refractivity contribution < 1.29 is 60.0 Å². The van der Waals surface area contributed by atoms with Crippen LogP contribution in [0.1, 0.15) is 12.8 Å². The van der Waals surface area contributed by atoms with Crippen molar-refractivity contribution in [3.63, 3.8) is 0 Å². The average Bonchev–Trinajstić information content (AvgIpc) is 2.97. The number of carbonyl (C=O) groups is 1. The molecule has 0 aromatic rings. The van der Waals surface area contributed by atoms with Gasteiger partial charge in [-0.2, -0.15) is 0 Å². The maximum absolute atomic E-state index is 12.6. The quantitative estimate of drug-likeness (QED) is 0.0542. The number of carbonyl (C=O) groups excluding carboxylic acids is 1. The summed E-state index contributed by atoms with van der Waals surface area (Å²) in [5, 5.41) is 90.1. The van der Waals surface area contributed by atoms with E-state index in [-0.39, 0.29) is 26.1 Å². The second-order valence-corrected chi connectivity index (χ2v) is 11.3. The van der Waals surface area contributed by atoms with Gasteiger partial charge in [0, 0.05) is 25.0 Å². The van der Waals surface area contributed by atoms with Crippen LogP contribution in [-0.2, 0) is 14.2 Å². The van der Waals surface area contributed by atoms with Gasteiger partial charge in [0.15, 0.2) is 6.29 Å². The SMILES string of the molecule is NCCCNCC1OC(C2C(N)CC(NC(=O)N(O)CCN)C(OC3OC(CO)C(O)C(N)C3O)C2O)C(O)C(O)C1O. The molecular formula is C24H49N7O12. The number of nitrogens with zero attached hydrogens (tertiary/aromatic N) is 1. The summed E-state index contributed by atoms with van der Waals surface area (Å²) in [5.41, 5.74) is 23.2. The topological polar surface area (TPSA) is 338 Å². The van der Waals surface area contributed by atoms with Crippen molar-refractivity contribution in [2.45, 2.75) is 98.3 Å². The van der Waals surface area contributed by atoms with Crippen molar-refractivity contribution in [1.82, 2.24) is 15.7 Å². The van der Waals surface area contributed by atoms with Gasteiger partial charge in [0.05, 0.1) is 43.5 Å². The van der Waals surface area contributed by atoms with Crippen molar-refractivity contribution >= 4 is 6.03 Å². The summed E-state index contributed by atoms with van der Waals surface area (Å²) in [5.74, 6) is -1.16. The lowest BCUT2D eigenvalue weighted by Gasteiger charge is -2.52. The molecule has 2 amide bonds. The number of aliphatic hydroxyl groups excluding tert-OH is 7. The van der Waals surface area contributed by atoms with E-state index in [2.05, 4.69) is 10.6 Å². The van der Waals surface area contributed by atoms with Crippen molar-refractivity contribution in [2.75, 3.05) is 39.3 Å². The number of hydrogen-bond acceptors (Lipinski definition) is 17. The first-order valence-corrected chi connectivity index (χ1v) is 14.4. The van der Waals surface area contributed by atoms with Crippen LogP contribution in [0.25, 0.3) is 0 Å². The average molecular weight is 628 g/mol. The van der Waals surface area contributed by atoms with Gasteiger partial charge in [-0.05, 0) is 25.9 Å². The number of ether oxygens (including phenoxy) is 3.